The highest BCUT2D eigenvalue weighted by Gasteiger charge is 2.33. The molecule has 0 radical (unpaired) electrons. The number of rotatable bonds is 6. The van der Waals surface area contributed by atoms with Crippen molar-refractivity contribution in [2.45, 2.75) is 31.3 Å². The highest BCUT2D eigenvalue weighted by Crippen LogP contribution is 2.29. The van der Waals surface area contributed by atoms with Crippen LogP contribution in [-0.4, -0.2) is 38.4 Å². The van der Waals surface area contributed by atoms with Gasteiger partial charge in [0.05, 0.1) is 19.4 Å². The second-order valence-electron chi connectivity index (χ2n) is 8.28. The number of hydrogen-bond acceptors (Lipinski definition) is 5. The molecule has 0 fully saturated rings. The Morgan fingerprint density at radius 1 is 1.06 bits per heavy atom. The average molecular weight is 467 g/mol. The van der Waals surface area contributed by atoms with Crippen molar-refractivity contribution in [1.29, 1.82) is 0 Å². The van der Waals surface area contributed by atoms with Crippen molar-refractivity contribution < 1.29 is 17.9 Å². The van der Waals surface area contributed by atoms with Gasteiger partial charge in [-0.05, 0) is 48.1 Å². The van der Waals surface area contributed by atoms with Crippen molar-refractivity contribution in [2.75, 3.05) is 13.4 Å². The van der Waals surface area contributed by atoms with Crippen molar-refractivity contribution in [2.24, 2.45) is 0 Å². The molecule has 0 amide bonds. The van der Waals surface area contributed by atoms with Gasteiger partial charge in [-0.1, -0.05) is 54.6 Å². The number of sulfonamides is 1. The SMILES string of the molecule is COC(=O)c1ccc2n(c1=O)C(Cc1cccc(-c3ccccc3)c1)C(NS(C)(=O)=O)CC2. The van der Waals surface area contributed by atoms with E-state index >= 15 is 0 Å². The predicted molar refractivity (Wildman–Crippen MR) is 127 cm³/mol. The van der Waals surface area contributed by atoms with Gasteiger partial charge in [-0.25, -0.2) is 17.9 Å². The molecule has 2 atom stereocenters. The highest BCUT2D eigenvalue weighted by molar-refractivity contribution is 7.88. The second-order valence-corrected chi connectivity index (χ2v) is 10.1. The molecule has 172 valence electrons. The zero-order chi connectivity index (χ0) is 23.6. The summed E-state index contributed by atoms with van der Waals surface area (Å²) < 4.78 is 33.2. The molecule has 2 unspecified atom stereocenters. The number of carbonyl (C=O) groups excluding carboxylic acids is 1. The third-order valence-corrected chi connectivity index (χ3v) is 6.69. The summed E-state index contributed by atoms with van der Waals surface area (Å²) in [6, 6.07) is 20.2. The molecule has 2 aromatic carbocycles. The molecular formula is C25H26N2O5S. The molecule has 0 saturated heterocycles. The number of benzene rings is 2. The number of ether oxygens (including phenoxy) is 1. The van der Waals surface area contributed by atoms with Gasteiger partial charge in [0.2, 0.25) is 10.0 Å². The molecule has 0 saturated carbocycles. The summed E-state index contributed by atoms with van der Waals surface area (Å²) in [5, 5.41) is 0. The minimum absolute atomic E-state index is 0.0655. The average Bonchev–Trinajstić information content (AvgIpc) is 2.80. The maximum atomic E-state index is 13.3. The van der Waals surface area contributed by atoms with Gasteiger partial charge in [0.25, 0.3) is 5.56 Å². The lowest BCUT2D eigenvalue weighted by molar-refractivity contribution is 0.0597. The number of aromatic nitrogens is 1. The quantitative estimate of drug-likeness (QED) is 0.564. The molecule has 33 heavy (non-hydrogen) atoms. The van der Waals surface area contributed by atoms with Crippen molar-refractivity contribution >= 4 is 16.0 Å². The number of nitrogens with zero attached hydrogens (tertiary/aromatic N) is 1. The van der Waals surface area contributed by atoms with Crippen LogP contribution in [0.25, 0.3) is 11.1 Å². The Bertz CT molecular complexity index is 1330. The fourth-order valence-corrected chi connectivity index (χ4v) is 5.32. The van der Waals surface area contributed by atoms with E-state index in [1.54, 1.807) is 10.6 Å². The number of esters is 1. The van der Waals surface area contributed by atoms with E-state index in [-0.39, 0.29) is 5.56 Å². The van der Waals surface area contributed by atoms with E-state index in [4.69, 9.17) is 4.74 Å². The van der Waals surface area contributed by atoms with Gasteiger partial charge in [0.15, 0.2) is 0 Å². The van der Waals surface area contributed by atoms with Crippen LogP contribution in [-0.2, 0) is 27.6 Å². The Morgan fingerprint density at radius 2 is 1.79 bits per heavy atom. The van der Waals surface area contributed by atoms with Crippen molar-refractivity contribution in [1.82, 2.24) is 9.29 Å². The predicted octanol–water partition coefficient (Wildman–Crippen LogP) is 2.95. The molecule has 0 spiro atoms. The summed E-state index contributed by atoms with van der Waals surface area (Å²) in [6.45, 7) is 0. The van der Waals surface area contributed by atoms with Crippen LogP contribution in [0.3, 0.4) is 0 Å². The van der Waals surface area contributed by atoms with Gasteiger partial charge in [-0.3, -0.25) is 4.79 Å². The molecule has 4 rings (SSSR count). The maximum absolute atomic E-state index is 13.3. The van der Waals surface area contributed by atoms with E-state index in [2.05, 4.69) is 10.8 Å². The number of fused-ring (bicyclic) bond motifs is 1. The van der Waals surface area contributed by atoms with Crippen LogP contribution in [0.1, 0.15) is 34.1 Å². The van der Waals surface area contributed by atoms with Crippen LogP contribution in [0.15, 0.2) is 71.5 Å². The normalized spacial score (nSPS) is 17.9. The second kappa shape index (κ2) is 9.33. The van der Waals surface area contributed by atoms with Gasteiger partial charge in [0, 0.05) is 11.7 Å². The van der Waals surface area contributed by atoms with Crippen molar-refractivity contribution in [3.8, 4) is 11.1 Å². The Balaban J connectivity index is 1.79. The molecule has 1 aliphatic heterocycles. The summed E-state index contributed by atoms with van der Waals surface area (Å²) in [5.41, 5.74) is 3.30. The van der Waals surface area contributed by atoms with E-state index in [1.807, 2.05) is 48.5 Å². The fraction of sp³-hybridized carbons (Fsp3) is 0.280. The summed E-state index contributed by atoms with van der Waals surface area (Å²) in [7, 11) is -2.27. The van der Waals surface area contributed by atoms with Crippen LogP contribution in [0, 0.1) is 0 Å². The molecule has 8 heteroatoms. The molecule has 2 heterocycles. The number of aryl methyl sites for hydroxylation is 1. The van der Waals surface area contributed by atoms with E-state index in [9.17, 15) is 18.0 Å². The number of carbonyl (C=O) groups is 1. The van der Waals surface area contributed by atoms with Gasteiger partial charge in [0.1, 0.15) is 5.56 Å². The highest BCUT2D eigenvalue weighted by atomic mass is 32.2. The topological polar surface area (TPSA) is 94.5 Å². The zero-order valence-electron chi connectivity index (χ0n) is 18.5. The first-order chi connectivity index (χ1) is 15.8. The van der Waals surface area contributed by atoms with Crippen molar-refractivity contribution in [3.63, 3.8) is 0 Å². The molecule has 1 aromatic heterocycles. The molecule has 0 bridgehead atoms. The van der Waals surface area contributed by atoms with Crippen LogP contribution < -0.4 is 10.3 Å². The summed E-state index contributed by atoms with van der Waals surface area (Å²) in [6.07, 6.45) is 2.60. The lowest BCUT2D eigenvalue weighted by atomic mass is 9.90. The lowest BCUT2D eigenvalue weighted by Crippen LogP contribution is -2.49. The first-order valence-electron chi connectivity index (χ1n) is 10.7. The van der Waals surface area contributed by atoms with Crippen LogP contribution in [0.5, 0.6) is 0 Å². The molecule has 0 aliphatic carbocycles. The van der Waals surface area contributed by atoms with E-state index in [0.717, 1.165) is 28.6 Å². The Labute approximate surface area is 193 Å². The summed E-state index contributed by atoms with van der Waals surface area (Å²) in [5.74, 6) is -0.710. The smallest absolute Gasteiger partial charge is 0.343 e. The monoisotopic (exact) mass is 466 g/mol. The van der Waals surface area contributed by atoms with Crippen molar-refractivity contribution in [3.05, 3.63) is 93.9 Å². The fourth-order valence-electron chi connectivity index (χ4n) is 4.50. The van der Waals surface area contributed by atoms with Gasteiger partial charge in [-0.2, -0.15) is 0 Å². The van der Waals surface area contributed by atoms with Crippen LogP contribution >= 0.6 is 0 Å². The number of hydrogen-bond donors (Lipinski definition) is 1. The summed E-state index contributed by atoms with van der Waals surface area (Å²) in [4.78, 5) is 25.4. The summed E-state index contributed by atoms with van der Waals surface area (Å²) >= 11 is 0. The number of pyridine rings is 1. The Kier molecular flexibility index (Phi) is 6.49. The first-order valence-corrected chi connectivity index (χ1v) is 12.6. The third kappa shape index (κ3) is 5.07. The number of nitrogens with one attached hydrogen (secondary N) is 1. The Morgan fingerprint density at radius 3 is 2.48 bits per heavy atom. The minimum atomic E-state index is -3.50. The zero-order valence-corrected chi connectivity index (χ0v) is 19.3. The third-order valence-electron chi connectivity index (χ3n) is 5.96. The number of methoxy groups -OCH3 is 1. The van der Waals surface area contributed by atoms with Gasteiger partial charge in [-0.15, -0.1) is 0 Å². The first kappa shape index (κ1) is 22.9. The minimum Gasteiger partial charge on any atom is -0.465 e. The molecule has 3 aromatic rings. The van der Waals surface area contributed by atoms with E-state index < -0.39 is 33.6 Å². The standard InChI is InChI=1S/C25H26N2O5S/c1-32-25(29)21-13-11-20-12-14-22(26-33(2,30)31)23(27(20)24(21)28)16-17-7-6-10-19(15-17)18-8-4-3-5-9-18/h3-11,13,15,22-23,26H,12,14,16H2,1-2H3. The van der Waals surface area contributed by atoms with Gasteiger partial charge >= 0.3 is 5.97 Å². The Hall–Kier alpha value is -3.23. The molecule has 1 N–H and O–H groups in total. The van der Waals surface area contributed by atoms with E-state index in [0.29, 0.717) is 19.3 Å². The maximum Gasteiger partial charge on any atom is 0.343 e. The lowest BCUT2D eigenvalue weighted by Gasteiger charge is -2.35. The molecular weight excluding hydrogens is 440 g/mol. The van der Waals surface area contributed by atoms with Crippen LogP contribution in [0.4, 0.5) is 0 Å². The van der Waals surface area contributed by atoms with Crippen LogP contribution in [0.2, 0.25) is 0 Å². The van der Waals surface area contributed by atoms with E-state index in [1.165, 1.54) is 13.2 Å². The van der Waals surface area contributed by atoms with Gasteiger partial charge < -0.3 is 9.30 Å². The molecule has 1 aliphatic rings. The molecule has 7 nitrogen and oxygen atoms in total. The largest absolute Gasteiger partial charge is 0.465 e.